The maximum Gasteiger partial charge on any atom is 0.274 e. The number of hydrogen-bond acceptors (Lipinski definition) is 5. The molecule has 0 unspecified atom stereocenters. The molecular formula is C20H18N4O2S. The maximum absolute atomic E-state index is 12.2. The van der Waals surface area contributed by atoms with Crippen molar-refractivity contribution >= 4 is 39.5 Å². The molecule has 1 aliphatic heterocycles. The zero-order valence-corrected chi connectivity index (χ0v) is 15.2. The van der Waals surface area contributed by atoms with E-state index in [0.717, 1.165) is 21.3 Å². The van der Waals surface area contributed by atoms with E-state index < -0.39 is 0 Å². The van der Waals surface area contributed by atoms with Crippen LogP contribution in [0.1, 0.15) is 11.1 Å². The van der Waals surface area contributed by atoms with Crippen LogP contribution in [0.2, 0.25) is 0 Å². The first-order valence-corrected chi connectivity index (χ1v) is 9.45. The van der Waals surface area contributed by atoms with E-state index in [1.54, 1.807) is 22.9 Å². The van der Waals surface area contributed by atoms with E-state index in [0.29, 0.717) is 18.1 Å². The standard InChI is InChI=1S/C20H18N4O2S/c25-11-15(8-13-4-2-1-3-5-13)22-20-23-17(19(26)24-20)9-14-6-7-16-18(10-14)27-12-21-16/h1-7,9-10,12,15,25H,8,11H2,(H2,22,23,24,26)/b17-9-/t15-/m1/s1. The van der Waals surface area contributed by atoms with E-state index in [9.17, 15) is 9.90 Å². The number of carbonyl (C=O) groups excluding carboxylic acids is 1. The Bertz CT molecular complexity index is 1030. The number of nitrogens with one attached hydrogen (secondary N) is 2. The third kappa shape index (κ3) is 4.05. The van der Waals surface area contributed by atoms with Gasteiger partial charge in [-0.15, -0.1) is 11.3 Å². The number of nitrogens with zero attached hydrogens (tertiary/aromatic N) is 2. The molecule has 4 rings (SSSR count). The zero-order chi connectivity index (χ0) is 18.6. The normalized spacial score (nSPS) is 18.0. The zero-order valence-electron chi connectivity index (χ0n) is 14.4. The molecule has 1 saturated heterocycles. The van der Waals surface area contributed by atoms with Crippen LogP contribution in [0.15, 0.2) is 64.7 Å². The lowest BCUT2D eigenvalue weighted by Gasteiger charge is -2.10. The number of thiazole rings is 1. The molecule has 136 valence electrons. The Morgan fingerprint density at radius 1 is 1.19 bits per heavy atom. The van der Waals surface area contributed by atoms with Crippen LogP contribution in [-0.2, 0) is 11.2 Å². The Balaban J connectivity index is 1.51. The summed E-state index contributed by atoms with van der Waals surface area (Å²) in [6.45, 7) is -0.100. The predicted molar refractivity (Wildman–Crippen MR) is 107 cm³/mol. The van der Waals surface area contributed by atoms with Crippen LogP contribution in [0.5, 0.6) is 0 Å². The fourth-order valence-electron chi connectivity index (χ4n) is 2.90. The lowest BCUT2D eigenvalue weighted by atomic mass is 10.1. The second-order valence-corrected chi connectivity index (χ2v) is 7.11. The number of rotatable bonds is 5. The minimum Gasteiger partial charge on any atom is -0.394 e. The van der Waals surface area contributed by atoms with Crippen molar-refractivity contribution in [2.24, 2.45) is 4.99 Å². The molecule has 0 spiro atoms. The molecular weight excluding hydrogens is 360 g/mol. The summed E-state index contributed by atoms with van der Waals surface area (Å²) in [5, 5.41) is 15.4. The Labute approximate surface area is 160 Å². The van der Waals surface area contributed by atoms with Crippen LogP contribution in [0.25, 0.3) is 16.3 Å². The molecule has 27 heavy (non-hydrogen) atoms. The molecule has 3 aromatic rings. The van der Waals surface area contributed by atoms with Gasteiger partial charge in [0.25, 0.3) is 5.91 Å². The van der Waals surface area contributed by atoms with Crippen LogP contribution in [0.4, 0.5) is 0 Å². The first-order valence-electron chi connectivity index (χ1n) is 8.57. The number of aliphatic hydroxyl groups is 1. The van der Waals surface area contributed by atoms with Crippen molar-refractivity contribution in [3.63, 3.8) is 0 Å². The molecule has 6 nitrogen and oxygen atoms in total. The van der Waals surface area contributed by atoms with Gasteiger partial charge < -0.3 is 10.4 Å². The Hall–Kier alpha value is -3.03. The third-order valence-corrected chi connectivity index (χ3v) is 5.02. The van der Waals surface area contributed by atoms with E-state index >= 15 is 0 Å². The highest BCUT2D eigenvalue weighted by atomic mass is 32.1. The van der Waals surface area contributed by atoms with Crippen molar-refractivity contribution in [3.05, 3.63) is 70.9 Å². The van der Waals surface area contributed by atoms with Gasteiger partial charge in [-0.05, 0) is 35.8 Å². The highest BCUT2D eigenvalue weighted by molar-refractivity contribution is 7.16. The van der Waals surface area contributed by atoms with Crippen LogP contribution < -0.4 is 10.6 Å². The quantitative estimate of drug-likeness (QED) is 0.595. The summed E-state index contributed by atoms with van der Waals surface area (Å²) in [4.78, 5) is 20.9. The summed E-state index contributed by atoms with van der Waals surface area (Å²) in [6, 6.07) is 15.4. The van der Waals surface area contributed by atoms with Crippen molar-refractivity contribution < 1.29 is 9.90 Å². The number of carbonyl (C=O) groups is 1. The van der Waals surface area contributed by atoms with Crippen LogP contribution in [0, 0.1) is 0 Å². The molecule has 2 aromatic carbocycles. The Kier molecular flexibility index (Phi) is 4.95. The van der Waals surface area contributed by atoms with E-state index in [2.05, 4.69) is 20.6 Å². The molecule has 7 heteroatoms. The predicted octanol–water partition coefficient (Wildman–Crippen LogP) is 2.32. The van der Waals surface area contributed by atoms with Crippen LogP contribution in [0.3, 0.4) is 0 Å². The van der Waals surface area contributed by atoms with Gasteiger partial charge in [0.2, 0.25) is 5.96 Å². The molecule has 2 heterocycles. The second kappa shape index (κ2) is 7.69. The minimum absolute atomic E-state index is 0.100. The summed E-state index contributed by atoms with van der Waals surface area (Å²) >= 11 is 1.56. The van der Waals surface area contributed by atoms with Gasteiger partial charge in [-0.3, -0.25) is 10.1 Å². The number of hydrogen-bond donors (Lipinski definition) is 3. The molecule has 3 N–H and O–H groups in total. The first-order chi connectivity index (χ1) is 13.2. The number of fused-ring (bicyclic) bond motifs is 1. The Morgan fingerprint density at radius 2 is 2.04 bits per heavy atom. The van der Waals surface area contributed by atoms with E-state index in [1.807, 2.05) is 48.5 Å². The van der Waals surface area contributed by atoms with Crippen molar-refractivity contribution in [3.8, 4) is 0 Å². The molecule has 1 atom stereocenters. The molecule has 1 aliphatic rings. The monoisotopic (exact) mass is 378 g/mol. The van der Waals surface area contributed by atoms with Crippen molar-refractivity contribution in [1.29, 1.82) is 0 Å². The van der Waals surface area contributed by atoms with Crippen molar-refractivity contribution in [2.45, 2.75) is 12.5 Å². The number of amides is 1. The summed E-state index contributed by atoms with van der Waals surface area (Å²) in [5.41, 5.74) is 5.16. The fraction of sp³-hybridized carbons (Fsp3) is 0.150. The van der Waals surface area contributed by atoms with E-state index in [4.69, 9.17) is 0 Å². The highest BCUT2D eigenvalue weighted by Crippen LogP contribution is 2.20. The van der Waals surface area contributed by atoms with Gasteiger partial charge in [0.1, 0.15) is 5.70 Å². The SMILES string of the molecule is O=C1NC(=N[C@@H](CO)Cc2ccccc2)N/C1=C\c1ccc2ncsc2c1. The van der Waals surface area contributed by atoms with Gasteiger partial charge >= 0.3 is 0 Å². The summed E-state index contributed by atoms with van der Waals surface area (Å²) in [5.74, 6) is 0.120. The summed E-state index contributed by atoms with van der Waals surface area (Å²) < 4.78 is 1.07. The van der Waals surface area contributed by atoms with E-state index in [1.165, 1.54) is 0 Å². The molecule has 1 fully saturated rings. The molecule has 1 aromatic heterocycles. The molecule has 0 radical (unpaired) electrons. The number of aromatic nitrogens is 1. The largest absolute Gasteiger partial charge is 0.394 e. The maximum atomic E-state index is 12.2. The molecule has 0 aliphatic carbocycles. The average molecular weight is 378 g/mol. The molecule has 0 bridgehead atoms. The van der Waals surface area contributed by atoms with E-state index in [-0.39, 0.29) is 18.6 Å². The molecule has 0 saturated carbocycles. The summed E-state index contributed by atoms with van der Waals surface area (Å²) in [7, 11) is 0. The number of guanidine groups is 1. The minimum atomic E-state index is -0.330. The third-order valence-electron chi connectivity index (χ3n) is 4.23. The van der Waals surface area contributed by atoms with Crippen LogP contribution in [-0.4, -0.2) is 34.6 Å². The molecule has 1 amide bonds. The van der Waals surface area contributed by atoms with Crippen LogP contribution >= 0.6 is 11.3 Å². The summed E-state index contributed by atoms with van der Waals surface area (Å²) in [6.07, 6.45) is 2.38. The highest BCUT2D eigenvalue weighted by Gasteiger charge is 2.23. The first kappa shape index (κ1) is 17.4. The number of aliphatic hydroxyl groups excluding tert-OH is 1. The smallest absolute Gasteiger partial charge is 0.274 e. The Morgan fingerprint density at radius 3 is 2.85 bits per heavy atom. The van der Waals surface area contributed by atoms with Gasteiger partial charge in [0.15, 0.2) is 0 Å². The van der Waals surface area contributed by atoms with Crippen molar-refractivity contribution in [2.75, 3.05) is 6.61 Å². The topological polar surface area (TPSA) is 86.6 Å². The van der Waals surface area contributed by atoms with Gasteiger partial charge in [-0.25, -0.2) is 9.98 Å². The van der Waals surface area contributed by atoms with Gasteiger partial charge in [0, 0.05) is 0 Å². The van der Waals surface area contributed by atoms with Gasteiger partial charge in [-0.2, -0.15) is 0 Å². The number of aliphatic imine (C=N–C) groups is 1. The van der Waals surface area contributed by atoms with Gasteiger partial charge in [0.05, 0.1) is 28.4 Å². The average Bonchev–Trinajstić information content (AvgIpc) is 3.28. The second-order valence-electron chi connectivity index (χ2n) is 6.22. The lowest BCUT2D eigenvalue weighted by Crippen LogP contribution is -2.29. The van der Waals surface area contributed by atoms with Gasteiger partial charge in [-0.1, -0.05) is 36.4 Å². The lowest BCUT2D eigenvalue weighted by molar-refractivity contribution is -0.115. The van der Waals surface area contributed by atoms with Crippen molar-refractivity contribution in [1.82, 2.24) is 15.6 Å². The number of benzene rings is 2. The fourth-order valence-corrected chi connectivity index (χ4v) is 3.63.